The van der Waals surface area contributed by atoms with Crippen molar-refractivity contribution < 1.29 is 14.9 Å². The molecule has 0 heterocycles. The Morgan fingerprint density at radius 3 is 2.21 bits per heavy atom. The largest absolute Gasteiger partial charge is 0.394 e. The molecular formula is C11H22O3. The molecule has 0 atom stereocenters. The van der Waals surface area contributed by atoms with Crippen LogP contribution < -0.4 is 0 Å². The van der Waals surface area contributed by atoms with Crippen molar-refractivity contribution in [2.75, 3.05) is 19.8 Å². The van der Waals surface area contributed by atoms with E-state index >= 15 is 0 Å². The van der Waals surface area contributed by atoms with Crippen molar-refractivity contribution in [1.82, 2.24) is 0 Å². The van der Waals surface area contributed by atoms with E-state index in [9.17, 15) is 0 Å². The molecule has 0 radical (unpaired) electrons. The molecule has 1 aliphatic rings. The molecule has 1 aliphatic carbocycles. The lowest BCUT2D eigenvalue weighted by atomic mass is 9.83. The SMILES string of the molecule is CC1CCC(COC(CO)CO)CC1. The van der Waals surface area contributed by atoms with Gasteiger partial charge in [-0.05, 0) is 24.7 Å². The van der Waals surface area contributed by atoms with Crippen LogP contribution in [0.4, 0.5) is 0 Å². The fraction of sp³-hybridized carbons (Fsp3) is 1.00. The lowest BCUT2D eigenvalue weighted by Gasteiger charge is -2.27. The summed E-state index contributed by atoms with van der Waals surface area (Å²) in [6.45, 7) is 2.82. The van der Waals surface area contributed by atoms with Crippen LogP contribution in [0.1, 0.15) is 32.6 Å². The summed E-state index contributed by atoms with van der Waals surface area (Å²) >= 11 is 0. The van der Waals surface area contributed by atoms with Crippen molar-refractivity contribution in [3.05, 3.63) is 0 Å². The van der Waals surface area contributed by atoms with Crippen molar-refractivity contribution in [2.45, 2.75) is 38.7 Å². The minimum absolute atomic E-state index is 0.0837. The van der Waals surface area contributed by atoms with Crippen LogP contribution in [-0.4, -0.2) is 36.1 Å². The molecule has 3 heteroatoms. The van der Waals surface area contributed by atoms with Gasteiger partial charge in [0.2, 0.25) is 0 Å². The van der Waals surface area contributed by atoms with Gasteiger partial charge in [0.05, 0.1) is 13.2 Å². The summed E-state index contributed by atoms with van der Waals surface area (Å²) in [5, 5.41) is 17.6. The van der Waals surface area contributed by atoms with Gasteiger partial charge in [-0.2, -0.15) is 0 Å². The van der Waals surface area contributed by atoms with Gasteiger partial charge in [-0.3, -0.25) is 0 Å². The molecule has 0 unspecified atom stereocenters. The highest BCUT2D eigenvalue weighted by molar-refractivity contribution is 4.70. The molecule has 1 saturated carbocycles. The van der Waals surface area contributed by atoms with Crippen LogP contribution in [0.2, 0.25) is 0 Å². The number of aliphatic hydroxyl groups excluding tert-OH is 2. The Morgan fingerprint density at radius 2 is 1.71 bits per heavy atom. The van der Waals surface area contributed by atoms with Gasteiger partial charge in [-0.1, -0.05) is 19.8 Å². The molecule has 0 aromatic rings. The van der Waals surface area contributed by atoms with Crippen molar-refractivity contribution in [3.63, 3.8) is 0 Å². The highest BCUT2D eigenvalue weighted by atomic mass is 16.5. The summed E-state index contributed by atoms with van der Waals surface area (Å²) in [4.78, 5) is 0. The van der Waals surface area contributed by atoms with E-state index in [2.05, 4.69) is 6.92 Å². The molecule has 0 aromatic carbocycles. The van der Waals surface area contributed by atoms with Gasteiger partial charge in [0.25, 0.3) is 0 Å². The Bertz CT molecular complexity index is 137. The van der Waals surface area contributed by atoms with Crippen LogP contribution in [-0.2, 0) is 4.74 Å². The van der Waals surface area contributed by atoms with E-state index < -0.39 is 0 Å². The van der Waals surface area contributed by atoms with Gasteiger partial charge in [-0.15, -0.1) is 0 Å². The molecule has 84 valence electrons. The zero-order valence-corrected chi connectivity index (χ0v) is 8.98. The summed E-state index contributed by atoms with van der Waals surface area (Å²) in [6.07, 6.45) is 4.65. The van der Waals surface area contributed by atoms with Gasteiger partial charge >= 0.3 is 0 Å². The van der Waals surface area contributed by atoms with Gasteiger partial charge in [0, 0.05) is 6.61 Å². The monoisotopic (exact) mass is 202 g/mol. The van der Waals surface area contributed by atoms with Crippen LogP contribution in [0.25, 0.3) is 0 Å². The van der Waals surface area contributed by atoms with Crippen LogP contribution >= 0.6 is 0 Å². The molecule has 0 aromatic heterocycles. The Morgan fingerprint density at radius 1 is 1.14 bits per heavy atom. The normalized spacial score (nSPS) is 28.3. The lowest BCUT2D eigenvalue weighted by Crippen LogP contribution is -2.26. The summed E-state index contributed by atoms with van der Waals surface area (Å²) in [5.74, 6) is 1.49. The Balaban J connectivity index is 2.12. The van der Waals surface area contributed by atoms with E-state index in [1.54, 1.807) is 0 Å². The topological polar surface area (TPSA) is 49.7 Å². The standard InChI is InChI=1S/C11H22O3/c1-9-2-4-10(5-3-9)8-14-11(6-12)7-13/h9-13H,2-8H2,1H3. The van der Waals surface area contributed by atoms with E-state index in [0.717, 1.165) is 5.92 Å². The third-order valence-corrected chi connectivity index (χ3v) is 3.11. The Kier molecular flexibility index (Phi) is 5.45. The molecule has 0 saturated heterocycles. The third-order valence-electron chi connectivity index (χ3n) is 3.11. The van der Waals surface area contributed by atoms with E-state index in [-0.39, 0.29) is 19.3 Å². The maximum absolute atomic E-state index is 8.81. The summed E-state index contributed by atoms with van der Waals surface area (Å²) < 4.78 is 5.42. The van der Waals surface area contributed by atoms with Crippen molar-refractivity contribution >= 4 is 0 Å². The zero-order valence-electron chi connectivity index (χ0n) is 8.98. The predicted molar refractivity (Wildman–Crippen MR) is 55.0 cm³/mol. The number of ether oxygens (including phenoxy) is 1. The number of rotatable bonds is 5. The van der Waals surface area contributed by atoms with E-state index in [1.165, 1.54) is 25.7 Å². The highest BCUT2D eigenvalue weighted by Crippen LogP contribution is 2.28. The average molecular weight is 202 g/mol. The van der Waals surface area contributed by atoms with Gasteiger partial charge in [0.1, 0.15) is 6.10 Å². The van der Waals surface area contributed by atoms with E-state index in [4.69, 9.17) is 14.9 Å². The molecule has 0 amide bonds. The first kappa shape index (κ1) is 12.0. The molecule has 14 heavy (non-hydrogen) atoms. The molecule has 1 fully saturated rings. The summed E-state index contributed by atoms with van der Waals surface area (Å²) in [5.41, 5.74) is 0. The van der Waals surface area contributed by atoms with Crippen LogP contribution in [0.5, 0.6) is 0 Å². The second kappa shape index (κ2) is 6.38. The van der Waals surface area contributed by atoms with Crippen molar-refractivity contribution in [1.29, 1.82) is 0 Å². The molecule has 1 rings (SSSR count). The zero-order chi connectivity index (χ0) is 10.4. The first-order chi connectivity index (χ1) is 6.76. The highest BCUT2D eigenvalue weighted by Gasteiger charge is 2.19. The predicted octanol–water partition coefficient (Wildman–Crippen LogP) is 1.18. The van der Waals surface area contributed by atoms with Crippen LogP contribution in [0.15, 0.2) is 0 Å². The summed E-state index contributed by atoms with van der Waals surface area (Å²) in [6, 6.07) is 0. The van der Waals surface area contributed by atoms with Gasteiger partial charge in [0.15, 0.2) is 0 Å². The molecular weight excluding hydrogens is 180 g/mol. The lowest BCUT2D eigenvalue weighted by molar-refractivity contribution is -0.0388. The number of hydrogen-bond donors (Lipinski definition) is 2. The summed E-state index contributed by atoms with van der Waals surface area (Å²) in [7, 11) is 0. The smallest absolute Gasteiger partial charge is 0.104 e. The average Bonchev–Trinajstić information content (AvgIpc) is 2.22. The fourth-order valence-electron chi connectivity index (χ4n) is 1.93. The minimum Gasteiger partial charge on any atom is -0.394 e. The van der Waals surface area contributed by atoms with Gasteiger partial charge < -0.3 is 14.9 Å². The van der Waals surface area contributed by atoms with Crippen molar-refractivity contribution in [3.8, 4) is 0 Å². The first-order valence-corrected chi connectivity index (χ1v) is 5.59. The van der Waals surface area contributed by atoms with E-state index in [0.29, 0.717) is 12.5 Å². The van der Waals surface area contributed by atoms with Crippen LogP contribution in [0.3, 0.4) is 0 Å². The Labute approximate surface area is 86.1 Å². The maximum Gasteiger partial charge on any atom is 0.104 e. The number of aliphatic hydroxyl groups is 2. The van der Waals surface area contributed by atoms with Crippen LogP contribution in [0, 0.1) is 11.8 Å². The first-order valence-electron chi connectivity index (χ1n) is 5.59. The molecule has 2 N–H and O–H groups in total. The maximum atomic E-state index is 8.81. The molecule has 3 nitrogen and oxygen atoms in total. The van der Waals surface area contributed by atoms with Crippen molar-refractivity contribution in [2.24, 2.45) is 11.8 Å². The number of hydrogen-bond acceptors (Lipinski definition) is 3. The van der Waals surface area contributed by atoms with Gasteiger partial charge in [-0.25, -0.2) is 0 Å². The third kappa shape index (κ3) is 3.95. The second-order valence-corrected chi connectivity index (χ2v) is 4.45. The molecule has 0 bridgehead atoms. The Hall–Kier alpha value is -0.120. The fourth-order valence-corrected chi connectivity index (χ4v) is 1.93. The molecule has 0 aliphatic heterocycles. The quantitative estimate of drug-likeness (QED) is 0.704. The molecule has 0 spiro atoms. The minimum atomic E-state index is -0.380. The van der Waals surface area contributed by atoms with E-state index in [1.807, 2.05) is 0 Å². The second-order valence-electron chi connectivity index (χ2n) is 4.45.